The maximum absolute atomic E-state index is 5.73. The summed E-state index contributed by atoms with van der Waals surface area (Å²) in [7, 11) is 0. The highest BCUT2D eigenvalue weighted by atomic mass is 35.5. The SMILES string of the molecule is Cl.Nc1ncc(CN2C[C@H]3CC[C@H]2c2ccccc23)s1. The molecule has 2 bridgehead atoms. The van der Waals surface area contributed by atoms with E-state index in [0.717, 1.165) is 6.54 Å². The Bertz CT molecular complexity index is 613. The number of hydrogen-bond acceptors (Lipinski definition) is 4. The van der Waals surface area contributed by atoms with Crippen molar-refractivity contribution in [2.75, 3.05) is 12.3 Å². The van der Waals surface area contributed by atoms with Crippen LogP contribution in [-0.4, -0.2) is 16.4 Å². The number of nitrogens with two attached hydrogens (primary N) is 1. The smallest absolute Gasteiger partial charge is 0.180 e. The van der Waals surface area contributed by atoms with Gasteiger partial charge in [-0.15, -0.1) is 23.7 Å². The molecule has 1 fully saturated rings. The van der Waals surface area contributed by atoms with Crippen LogP contribution in [-0.2, 0) is 6.54 Å². The third-order valence-corrected chi connectivity index (χ3v) is 5.22. The number of hydrogen-bond donors (Lipinski definition) is 1. The van der Waals surface area contributed by atoms with E-state index >= 15 is 0 Å². The van der Waals surface area contributed by atoms with Crippen molar-refractivity contribution >= 4 is 28.9 Å². The Kier molecular flexibility index (Phi) is 3.71. The Balaban J connectivity index is 0.00000121. The van der Waals surface area contributed by atoms with E-state index in [1.807, 2.05) is 6.20 Å². The highest BCUT2D eigenvalue weighted by Gasteiger charge is 2.37. The lowest BCUT2D eigenvalue weighted by atomic mass is 9.75. The molecule has 0 amide bonds. The first-order valence-electron chi connectivity index (χ1n) is 6.84. The Morgan fingerprint density at radius 1 is 1.25 bits per heavy atom. The van der Waals surface area contributed by atoms with Crippen LogP contribution < -0.4 is 5.73 Å². The molecule has 2 N–H and O–H groups in total. The number of aromatic nitrogens is 1. The molecular formula is C15H18ClN3S. The normalized spacial score (nSPS) is 24.2. The molecule has 1 aromatic heterocycles. The van der Waals surface area contributed by atoms with Gasteiger partial charge in [-0.1, -0.05) is 24.3 Å². The van der Waals surface area contributed by atoms with Crippen LogP contribution in [0.3, 0.4) is 0 Å². The van der Waals surface area contributed by atoms with Crippen molar-refractivity contribution in [3.8, 4) is 0 Å². The lowest BCUT2D eigenvalue weighted by Crippen LogP contribution is -2.41. The van der Waals surface area contributed by atoms with Gasteiger partial charge in [-0.3, -0.25) is 4.90 Å². The predicted molar refractivity (Wildman–Crippen MR) is 85.3 cm³/mol. The fourth-order valence-corrected chi connectivity index (χ4v) is 4.32. The molecule has 2 aliphatic heterocycles. The number of benzene rings is 1. The zero-order valence-corrected chi connectivity index (χ0v) is 12.8. The number of piperidine rings is 1. The molecule has 1 saturated heterocycles. The quantitative estimate of drug-likeness (QED) is 0.922. The fourth-order valence-electron chi connectivity index (χ4n) is 3.61. The Labute approximate surface area is 129 Å². The molecule has 0 saturated carbocycles. The van der Waals surface area contributed by atoms with Gasteiger partial charge in [0.15, 0.2) is 5.13 Å². The molecule has 2 atom stereocenters. The van der Waals surface area contributed by atoms with Crippen LogP contribution in [0.25, 0.3) is 0 Å². The monoisotopic (exact) mass is 307 g/mol. The fraction of sp³-hybridized carbons (Fsp3) is 0.400. The molecule has 1 aromatic carbocycles. The number of thiazole rings is 1. The van der Waals surface area contributed by atoms with Crippen molar-refractivity contribution in [2.24, 2.45) is 0 Å². The lowest BCUT2D eigenvalue weighted by molar-refractivity contribution is 0.106. The van der Waals surface area contributed by atoms with Gasteiger partial charge in [0, 0.05) is 30.2 Å². The van der Waals surface area contributed by atoms with E-state index in [-0.39, 0.29) is 12.4 Å². The first-order valence-corrected chi connectivity index (χ1v) is 7.66. The van der Waals surface area contributed by atoms with Crippen molar-refractivity contribution in [3.05, 3.63) is 46.5 Å². The molecule has 20 heavy (non-hydrogen) atoms. The van der Waals surface area contributed by atoms with Gasteiger partial charge in [-0.2, -0.15) is 0 Å². The molecule has 3 nitrogen and oxygen atoms in total. The molecule has 3 aliphatic rings. The van der Waals surface area contributed by atoms with Gasteiger partial charge in [-0.25, -0.2) is 4.98 Å². The summed E-state index contributed by atoms with van der Waals surface area (Å²) in [6.07, 6.45) is 4.55. The first-order chi connectivity index (χ1) is 9.31. The number of fused-ring (bicyclic) bond motifs is 2. The summed E-state index contributed by atoms with van der Waals surface area (Å²) in [4.78, 5) is 8.04. The summed E-state index contributed by atoms with van der Waals surface area (Å²) in [5, 5.41) is 0.678. The average Bonchev–Trinajstić information content (AvgIpc) is 2.85. The predicted octanol–water partition coefficient (Wildman–Crippen LogP) is 3.58. The zero-order chi connectivity index (χ0) is 12.8. The maximum Gasteiger partial charge on any atom is 0.180 e. The second kappa shape index (κ2) is 5.35. The number of anilines is 1. The summed E-state index contributed by atoms with van der Waals surface area (Å²) in [5.41, 5.74) is 8.85. The van der Waals surface area contributed by atoms with E-state index in [1.54, 1.807) is 22.5 Å². The largest absolute Gasteiger partial charge is 0.375 e. The molecule has 0 radical (unpaired) electrons. The van der Waals surface area contributed by atoms with Crippen molar-refractivity contribution in [1.29, 1.82) is 0 Å². The molecular weight excluding hydrogens is 290 g/mol. The molecule has 2 aromatic rings. The van der Waals surface area contributed by atoms with Gasteiger partial charge in [0.1, 0.15) is 0 Å². The lowest BCUT2D eigenvalue weighted by Gasteiger charge is -2.46. The van der Waals surface area contributed by atoms with Crippen molar-refractivity contribution in [1.82, 2.24) is 9.88 Å². The van der Waals surface area contributed by atoms with Crippen LogP contribution in [0.4, 0.5) is 5.13 Å². The van der Waals surface area contributed by atoms with Gasteiger partial charge in [0.25, 0.3) is 0 Å². The van der Waals surface area contributed by atoms with Crippen LogP contribution in [0.15, 0.2) is 30.5 Å². The molecule has 106 valence electrons. The molecule has 3 heterocycles. The summed E-state index contributed by atoms with van der Waals surface area (Å²) >= 11 is 1.62. The van der Waals surface area contributed by atoms with Crippen LogP contribution in [0, 0.1) is 0 Å². The number of nitrogen functional groups attached to an aromatic ring is 1. The molecule has 0 spiro atoms. The molecule has 1 aliphatic carbocycles. The van der Waals surface area contributed by atoms with Gasteiger partial charge in [0.05, 0.1) is 0 Å². The topological polar surface area (TPSA) is 42.1 Å². The van der Waals surface area contributed by atoms with Crippen LogP contribution in [0.1, 0.15) is 40.8 Å². The summed E-state index contributed by atoms with van der Waals surface area (Å²) in [6.45, 7) is 2.17. The highest BCUT2D eigenvalue weighted by molar-refractivity contribution is 7.15. The molecule has 5 heteroatoms. The van der Waals surface area contributed by atoms with Gasteiger partial charge >= 0.3 is 0 Å². The van der Waals surface area contributed by atoms with Gasteiger partial charge < -0.3 is 5.73 Å². The minimum absolute atomic E-state index is 0. The van der Waals surface area contributed by atoms with E-state index in [0.29, 0.717) is 17.1 Å². The van der Waals surface area contributed by atoms with E-state index in [4.69, 9.17) is 5.73 Å². The third kappa shape index (κ3) is 2.22. The van der Waals surface area contributed by atoms with E-state index in [2.05, 4.69) is 34.1 Å². The number of halogens is 1. The maximum atomic E-state index is 5.73. The minimum Gasteiger partial charge on any atom is -0.375 e. The average molecular weight is 308 g/mol. The van der Waals surface area contributed by atoms with Gasteiger partial charge in [0.2, 0.25) is 0 Å². The Hall–Kier alpha value is -1.10. The minimum atomic E-state index is 0. The summed E-state index contributed by atoms with van der Waals surface area (Å²) in [6, 6.07) is 9.55. The van der Waals surface area contributed by atoms with Crippen molar-refractivity contribution < 1.29 is 0 Å². The van der Waals surface area contributed by atoms with E-state index in [9.17, 15) is 0 Å². The number of nitrogens with zero attached hydrogens (tertiary/aromatic N) is 2. The second-order valence-corrected chi connectivity index (χ2v) is 6.66. The van der Waals surface area contributed by atoms with Crippen LogP contribution in [0.2, 0.25) is 0 Å². The summed E-state index contributed by atoms with van der Waals surface area (Å²) in [5.74, 6) is 0.714. The molecule has 0 unspecified atom stereocenters. The van der Waals surface area contributed by atoms with Gasteiger partial charge in [-0.05, 0) is 29.9 Å². The molecule has 5 rings (SSSR count). The Morgan fingerprint density at radius 2 is 2.05 bits per heavy atom. The highest BCUT2D eigenvalue weighted by Crippen LogP contribution is 2.47. The van der Waals surface area contributed by atoms with E-state index < -0.39 is 0 Å². The van der Waals surface area contributed by atoms with E-state index in [1.165, 1.54) is 24.3 Å². The number of rotatable bonds is 2. The van der Waals surface area contributed by atoms with Crippen LogP contribution in [0.5, 0.6) is 0 Å². The Morgan fingerprint density at radius 3 is 2.80 bits per heavy atom. The third-order valence-electron chi connectivity index (χ3n) is 4.41. The summed E-state index contributed by atoms with van der Waals surface area (Å²) < 4.78 is 0. The second-order valence-electron chi connectivity index (χ2n) is 5.51. The standard InChI is InChI=1S/C15H17N3S.ClH/c16-15-17-7-11(19-15)9-18-8-10-5-6-14(18)13-4-2-1-3-12(10)13;/h1-4,7,10,14H,5-6,8-9H2,(H2,16,17);1H/t10-,14+;/m1./s1. The van der Waals surface area contributed by atoms with Crippen LogP contribution >= 0.6 is 23.7 Å². The first kappa shape index (κ1) is 13.9. The van der Waals surface area contributed by atoms with Crippen molar-refractivity contribution in [2.45, 2.75) is 31.3 Å². The zero-order valence-electron chi connectivity index (χ0n) is 11.2. The van der Waals surface area contributed by atoms with Crippen molar-refractivity contribution in [3.63, 3.8) is 0 Å².